The number of carbonyl (C=O) groups is 2. The summed E-state index contributed by atoms with van der Waals surface area (Å²) >= 11 is 0. The third-order valence-corrected chi connectivity index (χ3v) is 3.10. The molecule has 0 bridgehead atoms. The lowest BCUT2D eigenvalue weighted by Crippen LogP contribution is -2.49. The zero-order valence-electron chi connectivity index (χ0n) is 9.72. The highest BCUT2D eigenvalue weighted by molar-refractivity contribution is 5.80. The Balaban J connectivity index is 1.84. The molecule has 1 aliphatic carbocycles. The lowest BCUT2D eigenvalue weighted by atomic mass is 10.1. The molecule has 6 nitrogen and oxygen atoms in total. The molecule has 0 radical (unpaired) electrons. The van der Waals surface area contributed by atoms with Crippen molar-refractivity contribution in [2.45, 2.75) is 37.8 Å². The maximum absolute atomic E-state index is 11.9. The van der Waals surface area contributed by atoms with Crippen molar-refractivity contribution >= 4 is 12.0 Å². The lowest BCUT2D eigenvalue weighted by Gasteiger charge is -2.27. The van der Waals surface area contributed by atoms with Crippen LogP contribution in [0.5, 0.6) is 0 Å². The van der Waals surface area contributed by atoms with Crippen LogP contribution in [0.4, 0.5) is 4.79 Å². The van der Waals surface area contributed by atoms with Gasteiger partial charge in [-0.1, -0.05) is 0 Å². The van der Waals surface area contributed by atoms with Crippen molar-refractivity contribution in [3.63, 3.8) is 0 Å². The predicted molar refractivity (Wildman–Crippen MR) is 59.7 cm³/mol. The van der Waals surface area contributed by atoms with Crippen LogP contribution in [0, 0.1) is 0 Å². The second-order valence-corrected chi connectivity index (χ2v) is 4.59. The number of hydrogen-bond donors (Lipinski definition) is 2. The first-order valence-corrected chi connectivity index (χ1v) is 6.03. The molecule has 0 atom stereocenters. The fourth-order valence-electron chi connectivity index (χ4n) is 2.00. The van der Waals surface area contributed by atoms with E-state index in [1.54, 1.807) is 0 Å². The molecule has 2 amide bonds. The van der Waals surface area contributed by atoms with Gasteiger partial charge in [0.05, 0.1) is 0 Å². The fraction of sp³-hybridized carbons (Fsp3) is 0.818. The van der Waals surface area contributed by atoms with Crippen molar-refractivity contribution in [3.05, 3.63) is 0 Å². The maximum atomic E-state index is 11.9. The summed E-state index contributed by atoms with van der Waals surface area (Å²) in [5, 5.41) is 11.7. The van der Waals surface area contributed by atoms with Gasteiger partial charge in [-0.15, -0.1) is 0 Å². The molecule has 17 heavy (non-hydrogen) atoms. The van der Waals surface area contributed by atoms with Crippen molar-refractivity contribution in [1.29, 1.82) is 0 Å². The lowest BCUT2D eigenvalue weighted by molar-refractivity contribution is -0.137. The van der Waals surface area contributed by atoms with Crippen molar-refractivity contribution in [2.75, 3.05) is 19.8 Å². The normalized spacial score (nSPS) is 20.9. The van der Waals surface area contributed by atoms with Crippen LogP contribution in [-0.2, 0) is 9.53 Å². The molecule has 1 aliphatic heterocycles. The van der Waals surface area contributed by atoms with Gasteiger partial charge in [-0.05, 0) is 25.7 Å². The van der Waals surface area contributed by atoms with Gasteiger partial charge >= 0.3 is 12.0 Å². The van der Waals surface area contributed by atoms with Crippen molar-refractivity contribution in [1.82, 2.24) is 10.2 Å². The SMILES string of the molecule is O=C(O)CN(C(=O)NC1CCOCC1)C1CC1. The quantitative estimate of drug-likeness (QED) is 0.749. The standard InChI is InChI=1S/C11H18N2O4/c14-10(15)7-13(9-1-2-9)11(16)12-8-3-5-17-6-4-8/h8-9H,1-7H2,(H,12,16)(H,14,15). The van der Waals surface area contributed by atoms with E-state index in [4.69, 9.17) is 9.84 Å². The molecule has 0 aromatic carbocycles. The molecular formula is C11H18N2O4. The number of nitrogens with zero attached hydrogens (tertiary/aromatic N) is 1. The van der Waals surface area contributed by atoms with E-state index in [9.17, 15) is 9.59 Å². The first-order valence-electron chi connectivity index (χ1n) is 6.03. The van der Waals surface area contributed by atoms with Crippen LogP contribution in [-0.4, -0.2) is 53.8 Å². The monoisotopic (exact) mass is 242 g/mol. The summed E-state index contributed by atoms with van der Waals surface area (Å²) in [6.45, 7) is 1.11. The summed E-state index contributed by atoms with van der Waals surface area (Å²) in [6.07, 6.45) is 3.43. The Kier molecular flexibility index (Phi) is 3.83. The van der Waals surface area contributed by atoms with Gasteiger partial charge in [0, 0.05) is 25.3 Å². The van der Waals surface area contributed by atoms with Crippen LogP contribution in [0.25, 0.3) is 0 Å². The van der Waals surface area contributed by atoms with E-state index < -0.39 is 5.97 Å². The minimum absolute atomic E-state index is 0.117. The molecule has 1 heterocycles. The highest BCUT2D eigenvalue weighted by Gasteiger charge is 2.34. The topological polar surface area (TPSA) is 78.9 Å². The van der Waals surface area contributed by atoms with Gasteiger partial charge in [-0.3, -0.25) is 4.79 Å². The smallest absolute Gasteiger partial charge is 0.323 e. The first kappa shape index (κ1) is 12.2. The molecule has 0 unspecified atom stereocenters. The minimum atomic E-state index is -0.959. The van der Waals surface area contributed by atoms with Gasteiger partial charge in [0.1, 0.15) is 6.54 Å². The average molecular weight is 242 g/mol. The predicted octanol–water partition coefficient (Wildman–Crippen LogP) is 0.424. The van der Waals surface area contributed by atoms with Gasteiger partial charge in [0.15, 0.2) is 0 Å². The second kappa shape index (κ2) is 5.35. The molecule has 0 aromatic rings. The highest BCUT2D eigenvalue weighted by Crippen LogP contribution is 2.26. The van der Waals surface area contributed by atoms with Crippen LogP contribution in [0.2, 0.25) is 0 Å². The van der Waals surface area contributed by atoms with Gasteiger partial charge in [-0.2, -0.15) is 0 Å². The van der Waals surface area contributed by atoms with Crippen LogP contribution < -0.4 is 5.32 Å². The Morgan fingerprint density at radius 3 is 2.41 bits per heavy atom. The third-order valence-electron chi connectivity index (χ3n) is 3.10. The maximum Gasteiger partial charge on any atom is 0.323 e. The summed E-state index contributed by atoms with van der Waals surface area (Å²) < 4.78 is 5.21. The van der Waals surface area contributed by atoms with Gasteiger partial charge < -0.3 is 20.1 Å². The fourth-order valence-corrected chi connectivity index (χ4v) is 2.00. The van der Waals surface area contributed by atoms with E-state index in [1.165, 1.54) is 4.90 Å². The number of rotatable bonds is 4. The molecule has 2 rings (SSSR count). The number of hydrogen-bond acceptors (Lipinski definition) is 3. The van der Waals surface area contributed by atoms with Crippen LogP contribution in [0.3, 0.4) is 0 Å². The van der Waals surface area contributed by atoms with Crippen LogP contribution in [0.15, 0.2) is 0 Å². The number of urea groups is 1. The van der Waals surface area contributed by atoms with Gasteiger partial charge in [0.25, 0.3) is 0 Å². The molecule has 2 N–H and O–H groups in total. The highest BCUT2D eigenvalue weighted by atomic mass is 16.5. The summed E-state index contributed by atoms with van der Waals surface area (Å²) in [7, 11) is 0. The van der Waals surface area contributed by atoms with E-state index in [2.05, 4.69) is 5.32 Å². The number of amides is 2. The molecule has 0 spiro atoms. The van der Waals surface area contributed by atoms with E-state index in [1.807, 2.05) is 0 Å². The Morgan fingerprint density at radius 2 is 1.88 bits per heavy atom. The number of nitrogens with one attached hydrogen (secondary N) is 1. The number of carbonyl (C=O) groups excluding carboxylic acids is 1. The molecule has 1 saturated carbocycles. The van der Waals surface area contributed by atoms with Crippen LogP contribution in [0.1, 0.15) is 25.7 Å². The summed E-state index contributed by atoms with van der Waals surface area (Å²) in [6, 6.07) is -0.0148. The van der Waals surface area contributed by atoms with E-state index in [-0.39, 0.29) is 24.7 Å². The van der Waals surface area contributed by atoms with Crippen LogP contribution >= 0.6 is 0 Å². The number of carboxylic acid groups (broad SMARTS) is 1. The zero-order valence-corrected chi connectivity index (χ0v) is 9.72. The molecule has 2 fully saturated rings. The Hall–Kier alpha value is -1.30. The molecule has 6 heteroatoms. The number of carboxylic acids is 1. The number of ether oxygens (including phenoxy) is 1. The second-order valence-electron chi connectivity index (χ2n) is 4.59. The van der Waals surface area contributed by atoms with E-state index in [0.29, 0.717) is 13.2 Å². The Bertz CT molecular complexity index is 298. The summed E-state index contributed by atoms with van der Waals surface area (Å²) in [5.41, 5.74) is 0. The van der Waals surface area contributed by atoms with Crippen molar-refractivity contribution < 1.29 is 19.4 Å². The molecule has 2 aliphatic rings. The Morgan fingerprint density at radius 1 is 1.24 bits per heavy atom. The molecule has 0 aromatic heterocycles. The van der Waals surface area contributed by atoms with Gasteiger partial charge in [-0.25, -0.2) is 4.79 Å². The first-order chi connectivity index (χ1) is 8.16. The molecule has 96 valence electrons. The van der Waals surface area contributed by atoms with Crippen molar-refractivity contribution in [2.24, 2.45) is 0 Å². The largest absolute Gasteiger partial charge is 0.480 e. The summed E-state index contributed by atoms with van der Waals surface area (Å²) in [5.74, 6) is -0.959. The average Bonchev–Trinajstić information content (AvgIpc) is 3.10. The van der Waals surface area contributed by atoms with Gasteiger partial charge in [0.2, 0.25) is 0 Å². The minimum Gasteiger partial charge on any atom is -0.480 e. The zero-order chi connectivity index (χ0) is 12.3. The summed E-state index contributed by atoms with van der Waals surface area (Å²) in [4.78, 5) is 24.1. The van der Waals surface area contributed by atoms with E-state index >= 15 is 0 Å². The molecular weight excluding hydrogens is 224 g/mol. The molecule has 1 saturated heterocycles. The third kappa shape index (κ3) is 3.59. The Labute approximate surface area is 99.9 Å². The van der Waals surface area contributed by atoms with E-state index in [0.717, 1.165) is 25.7 Å². The number of aliphatic carboxylic acids is 1. The van der Waals surface area contributed by atoms with Crippen molar-refractivity contribution in [3.8, 4) is 0 Å².